The number of hydrogen-bond acceptors (Lipinski definition) is 5. The molecule has 1 aliphatic rings. The molecule has 2 heterocycles. The number of nitrogens with zero attached hydrogens (tertiary/aromatic N) is 3. The van der Waals surface area contributed by atoms with Crippen LogP contribution in [0.5, 0.6) is 5.75 Å². The highest BCUT2D eigenvalue weighted by Crippen LogP contribution is 2.25. The van der Waals surface area contributed by atoms with Gasteiger partial charge in [-0.2, -0.15) is 0 Å². The fraction of sp³-hybridized carbons (Fsp3) is 0.348. The maximum absolute atomic E-state index is 14.2. The van der Waals surface area contributed by atoms with E-state index < -0.39 is 12.1 Å². The van der Waals surface area contributed by atoms with Crippen molar-refractivity contribution in [2.24, 2.45) is 0 Å². The number of rotatable bonds is 7. The summed E-state index contributed by atoms with van der Waals surface area (Å²) in [5, 5.41) is 9.03. The third kappa shape index (κ3) is 5.46. The van der Waals surface area contributed by atoms with Gasteiger partial charge in [-0.25, -0.2) is 14.2 Å². The molecule has 164 valence electrons. The lowest BCUT2D eigenvalue weighted by Crippen LogP contribution is -2.54. The Kier molecular flexibility index (Phi) is 7.02. The summed E-state index contributed by atoms with van der Waals surface area (Å²) in [5.74, 6) is -1.14. The average molecular weight is 427 g/mol. The highest BCUT2D eigenvalue weighted by molar-refractivity contribution is 5.87. The zero-order valence-electron chi connectivity index (χ0n) is 17.6. The molecule has 0 unspecified atom stereocenters. The van der Waals surface area contributed by atoms with Crippen LogP contribution >= 0.6 is 0 Å². The number of pyridine rings is 1. The van der Waals surface area contributed by atoms with Crippen LogP contribution in [0.25, 0.3) is 0 Å². The summed E-state index contributed by atoms with van der Waals surface area (Å²) in [5.41, 5.74) is 1.13. The Hall–Kier alpha value is -3.26. The lowest BCUT2D eigenvalue weighted by Gasteiger charge is -2.40. The number of carbonyl (C=O) groups excluding carboxylic acids is 1. The first kappa shape index (κ1) is 22.4. The van der Waals surface area contributed by atoms with Gasteiger partial charge in [0, 0.05) is 32.2 Å². The van der Waals surface area contributed by atoms with E-state index in [-0.39, 0.29) is 23.5 Å². The Morgan fingerprint density at radius 1 is 1.35 bits per heavy atom. The standard InChI is InChI=1S/C23H26FN3O4/c1-4-22(28)27-10-9-26(13-16(27)3)14-21(17-6-5-15(2)19(24)11-17)31-18-7-8-20(23(29)30)25-12-18/h4-8,11-12,16,21H,1,9-10,13-14H2,2-3H3,(H,29,30)/t16-,21+/m1/s1. The van der Waals surface area contributed by atoms with Crippen molar-refractivity contribution in [2.75, 3.05) is 26.2 Å². The molecule has 1 N–H and O–H groups in total. The number of amides is 1. The van der Waals surface area contributed by atoms with Crippen molar-refractivity contribution >= 4 is 11.9 Å². The number of aromatic carboxylic acids is 1. The Morgan fingerprint density at radius 3 is 2.71 bits per heavy atom. The number of carbonyl (C=O) groups is 2. The van der Waals surface area contributed by atoms with E-state index in [0.29, 0.717) is 43.1 Å². The maximum atomic E-state index is 14.2. The quantitative estimate of drug-likeness (QED) is 0.684. The summed E-state index contributed by atoms with van der Waals surface area (Å²) < 4.78 is 20.3. The minimum absolute atomic E-state index is 0.00571. The number of carboxylic acid groups (broad SMARTS) is 1. The minimum Gasteiger partial charge on any atom is -0.483 e. The summed E-state index contributed by atoms with van der Waals surface area (Å²) >= 11 is 0. The van der Waals surface area contributed by atoms with Crippen LogP contribution in [-0.4, -0.2) is 64.0 Å². The number of aryl methyl sites for hydroxylation is 1. The van der Waals surface area contributed by atoms with Crippen LogP contribution in [0.4, 0.5) is 4.39 Å². The molecule has 1 amide bonds. The Balaban J connectivity index is 1.79. The molecule has 0 spiro atoms. The van der Waals surface area contributed by atoms with Gasteiger partial charge < -0.3 is 14.7 Å². The molecular formula is C23H26FN3O4. The Morgan fingerprint density at radius 2 is 2.13 bits per heavy atom. The second-order valence-corrected chi connectivity index (χ2v) is 7.64. The molecule has 1 aliphatic heterocycles. The van der Waals surface area contributed by atoms with Crippen LogP contribution in [0.2, 0.25) is 0 Å². The van der Waals surface area contributed by atoms with E-state index in [9.17, 15) is 14.0 Å². The smallest absolute Gasteiger partial charge is 0.354 e. The van der Waals surface area contributed by atoms with Crippen LogP contribution in [0.15, 0.2) is 49.2 Å². The van der Waals surface area contributed by atoms with Crippen molar-refractivity contribution in [1.82, 2.24) is 14.8 Å². The van der Waals surface area contributed by atoms with Crippen molar-refractivity contribution in [3.05, 3.63) is 71.8 Å². The molecule has 2 atom stereocenters. The molecule has 0 radical (unpaired) electrons. The summed E-state index contributed by atoms with van der Waals surface area (Å²) in [4.78, 5) is 30.8. The number of hydrogen-bond donors (Lipinski definition) is 1. The van der Waals surface area contributed by atoms with Gasteiger partial charge in [0.1, 0.15) is 23.4 Å². The molecule has 3 rings (SSSR count). The number of carboxylic acids is 1. The van der Waals surface area contributed by atoms with Gasteiger partial charge in [-0.3, -0.25) is 9.69 Å². The van der Waals surface area contributed by atoms with E-state index in [4.69, 9.17) is 9.84 Å². The lowest BCUT2D eigenvalue weighted by atomic mass is 10.0. The van der Waals surface area contributed by atoms with Gasteiger partial charge in [0.05, 0.1) is 6.20 Å². The van der Waals surface area contributed by atoms with Gasteiger partial charge in [0.15, 0.2) is 0 Å². The zero-order valence-corrected chi connectivity index (χ0v) is 17.6. The van der Waals surface area contributed by atoms with E-state index >= 15 is 0 Å². The highest BCUT2D eigenvalue weighted by atomic mass is 19.1. The monoisotopic (exact) mass is 427 g/mol. The van der Waals surface area contributed by atoms with E-state index in [1.54, 1.807) is 17.9 Å². The van der Waals surface area contributed by atoms with Crippen molar-refractivity contribution < 1.29 is 23.8 Å². The average Bonchev–Trinajstić information content (AvgIpc) is 2.75. The second-order valence-electron chi connectivity index (χ2n) is 7.64. The van der Waals surface area contributed by atoms with Crippen LogP contribution in [0.1, 0.15) is 34.6 Å². The number of ether oxygens (including phenoxy) is 1. The fourth-order valence-electron chi connectivity index (χ4n) is 3.64. The fourth-order valence-corrected chi connectivity index (χ4v) is 3.64. The Labute approximate surface area is 180 Å². The molecule has 7 nitrogen and oxygen atoms in total. The molecule has 1 aromatic heterocycles. The van der Waals surface area contributed by atoms with E-state index in [2.05, 4.69) is 16.5 Å². The van der Waals surface area contributed by atoms with Gasteiger partial charge in [-0.15, -0.1) is 0 Å². The van der Waals surface area contributed by atoms with E-state index in [1.807, 2.05) is 13.0 Å². The SMILES string of the molecule is C=CC(=O)N1CCN(C[C@H](Oc2ccc(C(=O)O)nc2)c2ccc(C)c(F)c2)C[C@H]1C. The topological polar surface area (TPSA) is 83.0 Å². The summed E-state index contributed by atoms with van der Waals surface area (Å²) in [7, 11) is 0. The largest absolute Gasteiger partial charge is 0.483 e. The van der Waals surface area contributed by atoms with Crippen molar-refractivity contribution in [1.29, 1.82) is 0 Å². The van der Waals surface area contributed by atoms with Crippen LogP contribution in [0.3, 0.4) is 0 Å². The van der Waals surface area contributed by atoms with Crippen LogP contribution < -0.4 is 4.74 Å². The molecular weight excluding hydrogens is 401 g/mol. The molecule has 1 aromatic carbocycles. The van der Waals surface area contributed by atoms with Gasteiger partial charge in [-0.05, 0) is 49.2 Å². The predicted octanol–water partition coefficient (Wildman–Crippen LogP) is 3.07. The molecule has 0 aliphatic carbocycles. The Bertz CT molecular complexity index is 964. The number of aromatic nitrogens is 1. The van der Waals surface area contributed by atoms with Gasteiger partial charge in [-0.1, -0.05) is 18.7 Å². The zero-order chi connectivity index (χ0) is 22.5. The van der Waals surface area contributed by atoms with Crippen LogP contribution in [0, 0.1) is 12.7 Å². The molecule has 31 heavy (non-hydrogen) atoms. The number of halogens is 1. The highest BCUT2D eigenvalue weighted by Gasteiger charge is 2.28. The summed E-state index contributed by atoms with van der Waals surface area (Å²) in [6.45, 7) is 9.56. The molecule has 0 bridgehead atoms. The van der Waals surface area contributed by atoms with Gasteiger partial charge in [0.25, 0.3) is 0 Å². The van der Waals surface area contributed by atoms with Gasteiger partial charge >= 0.3 is 5.97 Å². The minimum atomic E-state index is -1.12. The molecule has 2 aromatic rings. The maximum Gasteiger partial charge on any atom is 0.354 e. The predicted molar refractivity (Wildman–Crippen MR) is 114 cm³/mol. The number of benzene rings is 1. The first-order chi connectivity index (χ1) is 14.8. The van der Waals surface area contributed by atoms with Crippen LogP contribution in [-0.2, 0) is 4.79 Å². The second kappa shape index (κ2) is 9.70. The van der Waals surface area contributed by atoms with Crippen molar-refractivity contribution in [3.63, 3.8) is 0 Å². The van der Waals surface area contributed by atoms with Gasteiger partial charge in [0.2, 0.25) is 5.91 Å². The van der Waals surface area contributed by atoms with E-state index in [0.717, 1.165) is 0 Å². The lowest BCUT2D eigenvalue weighted by molar-refractivity contribution is -0.130. The van der Waals surface area contributed by atoms with Crippen molar-refractivity contribution in [2.45, 2.75) is 26.0 Å². The third-order valence-corrected chi connectivity index (χ3v) is 5.39. The summed E-state index contributed by atoms with van der Waals surface area (Å²) in [6, 6.07) is 7.90. The molecule has 1 fully saturated rings. The summed E-state index contributed by atoms with van der Waals surface area (Å²) in [6.07, 6.45) is 2.17. The molecule has 1 saturated heterocycles. The normalized spacial score (nSPS) is 17.8. The third-order valence-electron chi connectivity index (χ3n) is 5.39. The van der Waals surface area contributed by atoms with Crippen molar-refractivity contribution in [3.8, 4) is 5.75 Å². The first-order valence-electron chi connectivity index (χ1n) is 10.1. The molecule has 0 saturated carbocycles. The molecule has 8 heteroatoms. The number of piperazine rings is 1. The van der Waals surface area contributed by atoms with E-state index in [1.165, 1.54) is 30.5 Å². The first-order valence-corrected chi connectivity index (χ1v) is 10.1.